The molecule has 1 saturated carbocycles. The highest BCUT2D eigenvalue weighted by Crippen LogP contribution is 2.25. The molecule has 2 N–H and O–H groups in total. The Balaban J connectivity index is 2.14. The first-order valence-electron chi connectivity index (χ1n) is 10.2. The van der Waals surface area contributed by atoms with E-state index in [0.717, 1.165) is 29.7 Å². The summed E-state index contributed by atoms with van der Waals surface area (Å²) in [5.74, 6) is 1.57. The number of guanidine groups is 1. The quantitative estimate of drug-likeness (QED) is 0.580. The Morgan fingerprint density at radius 2 is 1.93 bits per heavy atom. The molecule has 2 rings (SSSR count). The third-order valence-corrected chi connectivity index (χ3v) is 4.65. The number of aliphatic imine (C=N–C) groups is 1. The largest absolute Gasteiger partial charge is 0.488 e. The van der Waals surface area contributed by atoms with E-state index in [0.29, 0.717) is 18.5 Å². The van der Waals surface area contributed by atoms with E-state index in [1.807, 2.05) is 20.8 Å². The highest BCUT2D eigenvalue weighted by molar-refractivity contribution is 5.86. The van der Waals surface area contributed by atoms with E-state index in [9.17, 15) is 4.79 Å². The fourth-order valence-corrected chi connectivity index (χ4v) is 3.12. The minimum Gasteiger partial charge on any atom is -0.488 e. The maximum absolute atomic E-state index is 12.0. The summed E-state index contributed by atoms with van der Waals surface area (Å²) in [7, 11) is 3.52. The molecule has 1 aromatic rings. The van der Waals surface area contributed by atoms with Crippen LogP contribution in [0, 0.1) is 6.92 Å². The number of amides is 1. The minimum atomic E-state index is -0.270. The lowest BCUT2D eigenvalue weighted by molar-refractivity contribution is -0.127. The van der Waals surface area contributed by atoms with Crippen molar-refractivity contribution in [2.24, 2.45) is 4.99 Å². The van der Waals surface area contributed by atoms with Crippen molar-refractivity contribution in [2.45, 2.75) is 71.6 Å². The Kier molecular flexibility index (Phi) is 7.72. The van der Waals surface area contributed by atoms with E-state index in [-0.39, 0.29) is 18.1 Å². The number of carbonyl (C=O) groups excluding carboxylic acids is 1. The number of hydrogen-bond donors (Lipinski definition) is 2. The van der Waals surface area contributed by atoms with Gasteiger partial charge >= 0.3 is 0 Å². The summed E-state index contributed by atoms with van der Waals surface area (Å²) >= 11 is 0. The maximum Gasteiger partial charge on any atom is 0.241 e. The van der Waals surface area contributed by atoms with Gasteiger partial charge in [-0.25, -0.2) is 4.99 Å². The molecule has 1 fully saturated rings. The fourth-order valence-electron chi connectivity index (χ4n) is 3.12. The minimum absolute atomic E-state index is 0.0213. The van der Waals surface area contributed by atoms with Crippen molar-refractivity contribution >= 4 is 11.9 Å². The average molecular weight is 389 g/mol. The molecule has 1 aromatic carbocycles. The lowest BCUT2D eigenvalue weighted by atomic mass is 10.1. The third kappa shape index (κ3) is 7.41. The van der Waals surface area contributed by atoms with Gasteiger partial charge < -0.3 is 20.3 Å². The Morgan fingerprint density at radius 3 is 2.54 bits per heavy atom. The lowest BCUT2D eigenvalue weighted by Crippen LogP contribution is -2.46. The summed E-state index contributed by atoms with van der Waals surface area (Å²) in [6.07, 6.45) is 4.77. The van der Waals surface area contributed by atoms with E-state index < -0.39 is 0 Å². The second-order valence-corrected chi connectivity index (χ2v) is 8.76. The van der Waals surface area contributed by atoms with Gasteiger partial charge in [0.25, 0.3) is 0 Å². The summed E-state index contributed by atoms with van der Waals surface area (Å²) in [6, 6.07) is 6.62. The highest BCUT2D eigenvalue weighted by Gasteiger charge is 2.18. The predicted octanol–water partition coefficient (Wildman–Crippen LogP) is 3.24. The molecule has 0 unspecified atom stereocenters. The maximum atomic E-state index is 12.0. The first-order valence-corrected chi connectivity index (χ1v) is 10.2. The van der Waals surface area contributed by atoms with Gasteiger partial charge in [-0.05, 0) is 52.2 Å². The van der Waals surface area contributed by atoms with Crippen LogP contribution in [-0.4, -0.2) is 49.0 Å². The standard InChI is InChI=1S/C22H36N4O2/c1-16-11-12-17(19(13-16)28-22(2,3)4)14-23-21(24-15-20(27)26(5)6)25-18-9-7-8-10-18/h11-13,18H,7-10,14-15H2,1-6H3,(H2,23,24,25). The Bertz CT molecular complexity index is 686. The zero-order valence-corrected chi connectivity index (χ0v) is 18.3. The number of rotatable bonds is 6. The van der Waals surface area contributed by atoms with Crippen molar-refractivity contribution in [3.8, 4) is 5.75 Å². The summed E-state index contributed by atoms with van der Waals surface area (Å²) in [6.45, 7) is 8.91. The molecule has 1 aliphatic carbocycles. The van der Waals surface area contributed by atoms with E-state index in [1.165, 1.54) is 12.8 Å². The van der Waals surface area contributed by atoms with Gasteiger partial charge in [0.1, 0.15) is 11.4 Å². The number of hydrogen-bond acceptors (Lipinski definition) is 3. The van der Waals surface area contributed by atoms with E-state index in [4.69, 9.17) is 9.73 Å². The van der Waals surface area contributed by atoms with E-state index in [2.05, 4.69) is 35.8 Å². The number of nitrogens with zero attached hydrogens (tertiary/aromatic N) is 2. The molecule has 0 spiro atoms. The smallest absolute Gasteiger partial charge is 0.241 e. The van der Waals surface area contributed by atoms with Crippen molar-refractivity contribution < 1.29 is 9.53 Å². The topological polar surface area (TPSA) is 66.0 Å². The Labute approximate surface area is 169 Å². The van der Waals surface area contributed by atoms with Crippen molar-refractivity contribution in [2.75, 3.05) is 20.6 Å². The second-order valence-electron chi connectivity index (χ2n) is 8.76. The zero-order valence-electron chi connectivity index (χ0n) is 18.3. The van der Waals surface area contributed by atoms with Crippen LogP contribution in [0.1, 0.15) is 57.6 Å². The van der Waals surface area contributed by atoms with Crippen molar-refractivity contribution in [3.63, 3.8) is 0 Å². The van der Waals surface area contributed by atoms with Crippen LogP contribution >= 0.6 is 0 Å². The fraction of sp³-hybridized carbons (Fsp3) is 0.636. The van der Waals surface area contributed by atoms with Crippen LogP contribution in [0.2, 0.25) is 0 Å². The summed E-state index contributed by atoms with van der Waals surface area (Å²) in [5, 5.41) is 6.67. The molecular formula is C22H36N4O2. The molecule has 6 heteroatoms. The zero-order chi connectivity index (χ0) is 20.7. The van der Waals surface area contributed by atoms with Gasteiger partial charge in [0.05, 0.1) is 13.1 Å². The monoisotopic (exact) mass is 388 g/mol. The molecule has 0 atom stereocenters. The van der Waals surface area contributed by atoms with Crippen molar-refractivity contribution in [3.05, 3.63) is 29.3 Å². The number of benzene rings is 1. The number of aryl methyl sites for hydroxylation is 1. The highest BCUT2D eigenvalue weighted by atomic mass is 16.5. The number of ether oxygens (including phenoxy) is 1. The summed E-state index contributed by atoms with van der Waals surface area (Å²) in [5.41, 5.74) is 1.92. The molecule has 28 heavy (non-hydrogen) atoms. The molecule has 6 nitrogen and oxygen atoms in total. The van der Waals surface area contributed by atoms with Crippen LogP contribution in [0.3, 0.4) is 0 Å². The number of carbonyl (C=O) groups is 1. The van der Waals surface area contributed by atoms with Gasteiger partial charge in [-0.3, -0.25) is 4.79 Å². The Hall–Kier alpha value is -2.24. The average Bonchev–Trinajstić information content (AvgIpc) is 3.09. The van der Waals surface area contributed by atoms with Gasteiger partial charge in [0, 0.05) is 25.7 Å². The number of likely N-dealkylation sites (N-methyl/N-ethyl adjacent to an activating group) is 1. The molecule has 1 amide bonds. The molecule has 156 valence electrons. The molecule has 0 radical (unpaired) electrons. The van der Waals surface area contributed by atoms with Gasteiger partial charge in [0.2, 0.25) is 5.91 Å². The third-order valence-electron chi connectivity index (χ3n) is 4.65. The summed E-state index contributed by atoms with van der Waals surface area (Å²) in [4.78, 5) is 18.3. The molecular weight excluding hydrogens is 352 g/mol. The second kappa shape index (κ2) is 9.80. The van der Waals surface area contributed by atoms with Crippen molar-refractivity contribution in [1.29, 1.82) is 0 Å². The predicted molar refractivity (Wildman–Crippen MR) is 115 cm³/mol. The van der Waals surface area contributed by atoms with Gasteiger partial charge in [-0.15, -0.1) is 0 Å². The first kappa shape index (κ1) is 22.1. The van der Waals surface area contributed by atoms with Gasteiger partial charge in [0.15, 0.2) is 5.96 Å². The first-order chi connectivity index (χ1) is 13.1. The van der Waals surface area contributed by atoms with Crippen LogP contribution < -0.4 is 15.4 Å². The van der Waals surface area contributed by atoms with E-state index in [1.54, 1.807) is 19.0 Å². The van der Waals surface area contributed by atoms with Crippen LogP contribution in [0.5, 0.6) is 5.75 Å². The molecule has 0 bridgehead atoms. The lowest BCUT2D eigenvalue weighted by Gasteiger charge is -2.23. The molecule has 0 aliphatic heterocycles. The van der Waals surface area contributed by atoms with Crippen LogP contribution in [0.4, 0.5) is 0 Å². The molecule has 0 saturated heterocycles. The van der Waals surface area contributed by atoms with Gasteiger partial charge in [-0.1, -0.05) is 25.0 Å². The van der Waals surface area contributed by atoms with Gasteiger partial charge in [-0.2, -0.15) is 0 Å². The molecule has 1 aliphatic rings. The number of nitrogens with one attached hydrogen (secondary N) is 2. The molecule has 0 aromatic heterocycles. The SMILES string of the molecule is Cc1ccc(CN=C(NCC(=O)N(C)C)NC2CCCC2)c(OC(C)(C)C)c1. The van der Waals surface area contributed by atoms with E-state index >= 15 is 0 Å². The summed E-state index contributed by atoms with van der Waals surface area (Å²) < 4.78 is 6.14. The van der Waals surface area contributed by atoms with Crippen LogP contribution in [-0.2, 0) is 11.3 Å². The molecule has 0 heterocycles. The van der Waals surface area contributed by atoms with Crippen LogP contribution in [0.15, 0.2) is 23.2 Å². The Morgan fingerprint density at radius 1 is 1.25 bits per heavy atom. The normalized spacial score (nSPS) is 15.4. The van der Waals surface area contributed by atoms with Crippen LogP contribution in [0.25, 0.3) is 0 Å². The van der Waals surface area contributed by atoms with Crippen molar-refractivity contribution in [1.82, 2.24) is 15.5 Å².